The Labute approximate surface area is 197 Å². The van der Waals surface area contributed by atoms with Gasteiger partial charge in [-0.2, -0.15) is 0 Å². The molecular weight excluding hydrogens is 412 g/mol. The summed E-state index contributed by atoms with van der Waals surface area (Å²) in [6.45, 7) is 12.2. The smallest absolute Gasteiger partial charge is 0.257 e. The van der Waals surface area contributed by atoms with Crippen LogP contribution >= 0.6 is 0 Å². The Morgan fingerprint density at radius 3 is 2.30 bits per heavy atom. The zero-order valence-corrected chi connectivity index (χ0v) is 20.4. The SMILES string of the molecule is Cc1nc(CC(C)OC(C)C)ccc1C(=O)Nc1ccc(Oc2cccc(C(C)C)c2)cc1. The maximum Gasteiger partial charge on any atom is 0.257 e. The van der Waals surface area contributed by atoms with Gasteiger partial charge in [0.1, 0.15) is 11.5 Å². The molecule has 0 spiro atoms. The van der Waals surface area contributed by atoms with Gasteiger partial charge in [0, 0.05) is 17.8 Å². The second-order valence-corrected chi connectivity index (χ2v) is 8.94. The van der Waals surface area contributed by atoms with Crippen LogP contribution in [0, 0.1) is 6.92 Å². The average Bonchev–Trinajstić information content (AvgIpc) is 2.74. The number of pyridine rings is 1. The lowest BCUT2D eigenvalue weighted by Crippen LogP contribution is -2.18. The van der Waals surface area contributed by atoms with Crippen LogP contribution in [-0.4, -0.2) is 23.1 Å². The van der Waals surface area contributed by atoms with Crippen molar-refractivity contribution in [3.8, 4) is 11.5 Å². The number of aryl methyl sites for hydroxylation is 1. The van der Waals surface area contributed by atoms with Gasteiger partial charge in [-0.3, -0.25) is 9.78 Å². The third-order valence-corrected chi connectivity index (χ3v) is 5.26. The second-order valence-electron chi connectivity index (χ2n) is 8.94. The number of ether oxygens (including phenoxy) is 2. The first-order valence-corrected chi connectivity index (χ1v) is 11.5. The van der Waals surface area contributed by atoms with E-state index in [2.05, 4.69) is 36.3 Å². The molecule has 33 heavy (non-hydrogen) atoms. The highest BCUT2D eigenvalue weighted by atomic mass is 16.5. The molecule has 174 valence electrons. The van der Waals surface area contributed by atoms with Crippen LogP contribution in [0.25, 0.3) is 0 Å². The molecule has 2 aromatic carbocycles. The summed E-state index contributed by atoms with van der Waals surface area (Å²) in [5.74, 6) is 1.77. The molecule has 5 nitrogen and oxygen atoms in total. The number of anilines is 1. The van der Waals surface area contributed by atoms with Gasteiger partial charge in [-0.1, -0.05) is 26.0 Å². The number of carbonyl (C=O) groups is 1. The predicted octanol–water partition coefficient (Wildman–Crippen LogP) is 6.91. The van der Waals surface area contributed by atoms with Crippen molar-refractivity contribution in [2.75, 3.05) is 5.32 Å². The molecule has 0 aliphatic carbocycles. The first kappa shape index (κ1) is 24.5. The number of aromatic nitrogens is 1. The summed E-state index contributed by atoms with van der Waals surface area (Å²) < 4.78 is 11.8. The lowest BCUT2D eigenvalue weighted by atomic mass is 10.0. The highest BCUT2D eigenvalue weighted by Crippen LogP contribution is 2.26. The van der Waals surface area contributed by atoms with Crippen molar-refractivity contribution in [2.45, 2.75) is 66.1 Å². The van der Waals surface area contributed by atoms with Gasteiger partial charge in [-0.15, -0.1) is 0 Å². The number of rotatable bonds is 9. The van der Waals surface area contributed by atoms with Crippen LogP contribution in [0.3, 0.4) is 0 Å². The van der Waals surface area contributed by atoms with Gasteiger partial charge in [0.05, 0.1) is 23.5 Å². The van der Waals surface area contributed by atoms with Crippen LogP contribution < -0.4 is 10.1 Å². The van der Waals surface area contributed by atoms with Crippen molar-refractivity contribution < 1.29 is 14.3 Å². The van der Waals surface area contributed by atoms with E-state index in [9.17, 15) is 4.79 Å². The van der Waals surface area contributed by atoms with Crippen molar-refractivity contribution in [3.05, 3.63) is 83.2 Å². The molecule has 0 saturated heterocycles. The molecule has 3 aromatic rings. The van der Waals surface area contributed by atoms with Gasteiger partial charge in [0.25, 0.3) is 5.91 Å². The topological polar surface area (TPSA) is 60.5 Å². The molecule has 0 aliphatic heterocycles. The number of nitrogens with zero attached hydrogens (tertiary/aromatic N) is 1. The molecule has 0 saturated carbocycles. The number of benzene rings is 2. The summed E-state index contributed by atoms with van der Waals surface area (Å²) in [6, 6.07) is 19.2. The molecule has 1 aromatic heterocycles. The Bertz CT molecular complexity index is 1070. The molecule has 0 fully saturated rings. The van der Waals surface area contributed by atoms with E-state index in [1.54, 1.807) is 0 Å². The minimum atomic E-state index is -0.184. The van der Waals surface area contributed by atoms with E-state index in [0.717, 1.165) is 11.4 Å². The summed E-state index contributed by atoms with van der Waals surface area (Å²) in [6.07, 6.45) is 0.959. The Morgan fingerprint density at radius 1 is 0.939 bits per heavy atom. The zero-order valence-electron chi connectivity index (χ0n) is 20.4. The monoisotopic (exact) mass is 446 g/mol. The maximum atomic E-state index is 12.8. The minimum absolute atomic E-state index is 0.0742. The first-order valence-electron chi connectivity index (χ1n) is 11.5. The lowest BCUT2D eigenvalue weighted by molar-refractivity contribution is 0.0190. The van der Waals surface area contributed by atoms with Crippen LogP contribution in [0.5, 0.6) is 11.5 Å². The van der Waals surface area contributed by atoms with E-state index in [1.165, 1.54) is 5.56 Å². The van der Waals surface area contributed by atoms with Crippen LogP contribution in [0.4, 0.5) is 5.69 Å². The highest BCUT2D eigenvalue weighted by Gasteiger charge is 2.13. The molecule has 1 atom stereocenters. The molecular formula is C28H34N2O3. The fourth-order valence-corrected chi connectivity index (χ4v) is 3.65. The van der Waals surface area contributed by atoms with Crippen molar-refractivity contribution >= 4 is 11.6 Å². The van der Waals surface area contributed by atoms with Gasteiger partial charge in [-0.25, -0.2) is 0 Å². The quantitative estimate of drug-likeness (QED) is 0.388. The molecule has 0 aliphatic rings. The number of carbonyl (C=O) groups excluding carboxylic acids is 1. The summed E-state index contributed by atoms with van der Waals surface area (Å²) >= 11 is 0. The summed E-state index contributed by atoms with van der Waals surface area (Å²) in [5, 5.41) is 2.94. The van der Waals surface area contributed by atoms with Crippen molar-refractivity contribution in [1.29, 1.82) is 0 Å². The van der Waals surface area contributed by atoms with E-state index >= 15 is 0 Å². The van der Waals surface area contributed by atoms with Gasteiger partial charge >= 0.3 is 0 Å². The fourth-order valence-electron chi connectivity index (χ4n) is 3.65. The van der Waals surface area contributed by atoms with Crippen LogP contribution in [-0.2, 0) is 11.2 Å². The third-order valence-electron chi connectivity index (χ3n) is 5.26. The Kier molecular flexibility index (Phi) is 8.23. The third kappa shape index (κ3) is 7.16. The van der Waals surface area contributed by atoms with E-state index in [4.69, 9.17) is 9.47 Å². The van der Waals surface area contributed by atoms with E-state index in [1.807, 2.05) is 76.2 Å². The summed E-state index contributed by atoms with van der Waals surface area (Å²) in [4.78, 5) is 17.4. The van der Waals surface area contributed by atoms with Crippen LogP contribution in [0.2, 0.25) is 0 Å². The van der Waals surface area contributed by atoms with Crippen molar-refractivity contribution in [2.24, 2.45) is 0 Å². The summed E-state index contributed by atoms with van der Waals surface area (Å²) in [5.41, 5.74) is 4.10. The zero-order chi connectivity index (χ0) is 24.0. The molecule has 0 radical (unpaired) electrons. The Balaban J connectivity index is 1.62. The van der Waals surface area contributed by atoms with E-state index < -0.39 is 0 Å². The predicted molar refractivity (Wildman–Crippen MR) is 133 cm³/mol. The normalized spacial score (nSPS) is 12.1. The fraction of sp³-hybridized carbons (Fsp3) is 0.357. The number of amides is 1. The van der Waals surface area contributed by atoms with E-state index in [0.29, 0.717) is 35.0 Å². The molecule has 3 rings (SSSR count). The molecule has 1 heterocycles. The highest BCUT2D eigenvalue weighted by molar-refractivity contribution is 6.05. The van der Waals surface area contributed by atoms with Crippen LogP contribution in [0.1, 0.15) is 67.8 Å². The lowest BCUT2D eigenvalue weighted by Gasteiger charge is -2.16. The van der Waals surface area contributed by atoms with Gasteiger partial charge in [0.15, 0.2) is 0 Å². The number of hydrogen-bond donors (Lipinski definition) is 1. The minimum Gasteiger partial charge on any atom is -0.457 e. The maximum absolute atomic E-state index is 12.8. The molecule has 1 unspecified atom stereocenters. The standard InChI is InChI=1S/C28H34N2O3/c1-18(2)22-8-7-9-26(17-22)33-25-13-10-23(11-14-25)30-28(31)27-15-12-24(29-21(27)6)16-20(5)32-19(3)4/h7-15,17-20H,16H2,1-6H3,(H,30,31). The molecule has 1 amide bonds. The number of nitrogens with one attached hydrogen (secondary N) is 1. The van der Waals surface area contributed by atoms with Gasteiger partial charge < -0.3 is 14.8 Å². The average molecular weight is 447 g/mol. The Morgan fingerprint density at radius 2 is 1.67 bits per heavy atom. The van der Waals surface area contributed by atoms with Crippen LogP contribution in [0.15, 0.2) is 60.7 Å². The molecule has 5 heteroatoms. The van der Waals surface area contributed by atoms with Gasteiger partial charge in [-0.05, 0) is 87.7 Å². The molecule has 1 N–H and O–H groups in total. The Hall–Kier alpha value is -3.18. The number of hydrogen-bond acceptors (Lipinski definition) is 4. The second kappa shape index (κ2) is 11.1. The van der Waals surface area contributed by atoms with Gasteiger partial charge in [0.2, 0.25) is 0 Å². The first-order chi connectivity index (χ1) is 15.7. The van der Waals surface area contributed by atoms with Crippen molar-refractivity contribution in [3.63, 3.8) is 0 Å². The molecule has 0 bridgehead atoms. The largest absolute Gasteiger partial charge is 0.457 e. The van der Waals surface area contributed by atoms with Crippen molar-refractivity contribution in [1.82, 2.24) is 4.98 Å². The van der Waals surface area contributed by atoms with E-state index in [-0.39, 0.29) is 18.1 Å². The summed E-state index contributed by atoms with van der Waals surface area (Å²) in [7, 11) is 0.